The summed E-state index contributed by atoms with van der Waals surface area (Å²) < 4.78 is 4.89. The lowest BCUT2D eigenvalue weighted by Crippen LogP contribution is -2.15. The Morgan fingerprint density at radius 3 is 1.53 bits per heavy atom. The standard InChI is InChI=1S/C68H45N5/c1-68(2)58-41-63-57(40-54(58)52-33-30-42-18-12-13-25-48(42)64(52)68)56-39-46(45-31-35-61-55(38-45)51-28-16-17-29-59(51)72(61)47-23-10-5-11-24-47)32-36-62(56)73(63)60-37-34-53(49-26-14-15-27-50(49)60)67-70-65(43-19-6-3-7-20-43)69-66(71-67)44-21-8-4-9-22-44/h3-41H,1-2H3. The van der Waals surface area contributed by atoms with Crippen LogP contribution in [0.25, 0.3) is 133 Å². The van der Waals surface area contributed by atoms with Crippen molar-refractivity contribution in [2.45, 2.75) is 19.3 Å². The first kappa shape index (κ1) is 41.3. The van der Waals surface area contributed by atoms with Crippen LogP contribution in [0.15, 0.2) is 237 Å². The molecule has 0 fully saturated rings. The van der Waals surface area contributed by atoms with Crippen LogP contribution in [0.3, 0.4) is 0 Å². The van der Waals surface area contributed by atoms with E-state index in [1.807, 2.05) is 36.4 Å². The number of aromatic nitrogens is 5. The van der Waals surface area contributed by atoms with Crippen molar-refractivity contribution in [1.29, 1.82) is 0 Å². The highest BCUT2D eigenvalue weighted by molar-refractivity contribution is 6.16. The van der Waals surface area contributed by atoms with E-state index in [2.05, 4.69) is 223 Å². The molecular weight excluding hydrogens is 887 g/mol. The minimum absolute atomic E-state index is 0.238. The van der Waals surface area contributed by atoms with Gasteiger partial charge in [-0.25, -0.2) is 15.0 Å². The summed E-state index contributed by atoms with van der Waals surface area (Å²) in [6.07, 6.45) is 0. The molecule has 0 aliphatic heterocycles. The Labute approximate surface area is 422 Å². The van der Waals surface area contributed by atoms with E-state index >= 15 is 0 Å². The van der Waals surface area contributed by atoms with E-state index in [9.17, 15) is 0 Å². The van der Waals surface area contributed by atoms with Gasteiger partial charge in [0.25, 0.3) is 0 Å². The summed E-state index contributed by atoms with van der Waals surface area (Å²) >= 11 is 0. The van der Waals surface area contributed by atoms with Crippen LogP contribution in [0.2, 0.25) is 0 Å². The molecule has 14 aromatic rings. The van der Waals surface area contributed by atoms with Crippen molar-refractivity contribution in [2.75, 3.05) is 0 Å². The Morgan fingerprint density at radius 2 is 0.836 bits per heavy atom. The van der Waals surface area contributed by atoms with Gasteiger partial charge in [0.2, 0.25) is 0 Å². The molecule has 3 heterocycles. The van der Waals surface area contributed by atoms with Gasteiger partial charge < -0.3 is 9.13 Å². The molecule has 1 aliphatic carbocycles. The van der Waals surface area contributed by atoms with Crippen LogP contribution in [0, 0.1) is 0 Å². The third kappa shape index (κ3) is 6.25. The average Bonchev–Trinajstić information content (AvgIpc) is 4.04. The molecule has 15 rings (SSSR count). The molecule has 0 amide bonds. The van der Waals surface area contributed by atoms with E-state index < -0.39 is 0 Å². The smallest absolute Gasteiger partial charge is 0.164 e. The van der Waals surface area contributed by atoms with Crippen LogP contribution in [-0.4, -0.2) is 24.1 Å². The van der Waals surface area contributed by atoms with Crippen LogP contribution < -0.4 is 0 Å². The lowest BCUT2D eigenvalue weighted by Gasteiger charge is -2.23. The van der Waals surface area contributed by atoms with Gasteiger partial charge in [0, 0.05) is 54.7 Å². The van der Waals surface area contributed by atoms with E-state index in [0.29, 0.717) is 17.5 Å². The van der Waals surface area contributed by atoms with E-state index in [0.717, 1.165) is 44.4 Å². The maximum absolute atomic E-state index is 5.20. The monoisotopic (exact) mass is 931 g/mol. The molecule has 11 aromatic carbocycles. The molecule has 0 unspecified atom stereocenters. The summed E-state index contributed by atoms with van der Waals surface area (Å²) in [5, 5.41) is 9.67. The Hall–Kier alpha value is -9.45. The van der Waals surface area contributed by atoms with Crippen LogP contribution in [-0.2, 0) is 5.41 Å². The molecule has 0 spiro atoms. The van der Waals surface area contributed by atoms with Gasteiger partial charge in [-0.2, -0.15) is 0 Å². The quantitative estimate of drug-likeness (QED) is 0.167. The Bertz CT molecular complexity index is 4510. The number of para-hydroxylation sites is 2. The van der Waals surface area contributed by atoms with Crippen molar-refractivity contribution in [3.8, 4) is 67.8 Å². The summed E-state index contributed by atoms with van der Waals surface area (Å²) in [6.45, 7) is 4.80. The highest BCUT2D eigenvalue weighted by Gasteiger charge is 2.38. The largest absolute Gasteiger partial charge is 0.309 e. The van der Waals surface area contributed by atoms with Crippen molar-refractivity contribution in [2.24, 2.45) is 0 Å². The third-order valence-corrected chi connectivity index (χ3v) is 15.5. The third-order valence-electron chi connectivity index (χ3n) is 15.5. The van der Waals surface area contributed by atoms with E-state index in [1.165, 1.54) is 82.2 Å². The summed E-state index contributed by atoms with van der Waals surface area (Å²) in [4.78, 5) is 15.4. The van der Waals surface area contributed by atoms with Gasteiger partial charge in [0.05, 0.1) is 27.8 Å². The van der Waals surface area contributed by atoms with Crippen LogP contribution in [0.1, 0.15) is 25.0 Å². The first-order chi connectivity index (χ1) is 36.0. The van der Waals surface area contributed by atoms with Crippen molar-refractivity contribution < 1.29 is 0 Å². The molecule has 0 bridgehead atoms. The maximum Gasteiger partial charge on any atom is 0.164 e. The zero-order chi connectivity index (χ0) is 48.4. The minimum Gasteiger partial charge on any atom is -0.309 e. The zero-order valence-corrected chi connectivity index (χ0v) is 40.3. The molecule has 342 valence electrons. The van der Waals surface area contributed by atoms with Crippen molar-refractivity contribution in [3.05, 3.63) is 248 Å². The number of hydrogen-bond donors (Lipinski definition) is 0. The van der Waals surface area contributed by atoms with Crippen LogP contribution in [0.5, 0.6) is 0 Å². The minimum atomic E-state index is -0.238. The topological polar surface area (TPSA) is 48.5 Å². The summed E-state index contributed by atoms with van der Waals surface area (Å²) in [5.74, 6) is 1.92. The number of fused-ring (bicyclic) bond motifs is 12. The molecule has 0 radical (unpaired) electrons. The molecule has 1 aliphatic rings. The maximum atomic E-state index is 5.20. The number of rotatable bonds is 6. The molecule has 3 aromatic heterocycles. The molecule has 0 saturated carbocycles. The van der Waals surface area contributed by atoms with Gasteiger partial charge in [-0.05, 0) is 116 Å². The summed E-state index contributed by atoms with van der Waals surface area (Å²) in [7, 11) is 0. The second kappa shape index (κ2) is 15.8. The molecule has 0 atom stereocenters. The predicted molar refractivity (Wildman–Crippen MR) is 303 cm³/mol. The highest BCUT2D eigenvalue weighted by atomic mass is 15.0. The fourth-order valence-corrected chi connectivity index (χ4v) is 12.2. The molecular formula is C68H45N5. The highest BCUT2D eigenvalue weighted by Crippen LogP contribution is 2.54. The van der Waals surface area contributed by atoms with Crippen molar-refractivity contribution in [3.63, 3.8) is 0 Å². The average molecular weight is 932 g/mol. The molecule has 5 nitrogen and oxygen atoms in total. The Balaban J connectivity index is 0.970. The Kier molecular flexibility index (Phi) is 8.94. The molecule has 5 heteroatoms. The molecule has 73 heavy (non-hydrogen) atoms. The van der Waals surface area contributed by atoms with Crippen LogP contribution in [0.4, 0.5) is 0 Å². The Morgan fingerprint density at radius 1 is 0.315 bits per heavy atom. The van der Waals surface area contributed by atoms with Gasteiger partial charge in [-0.3, -0.25) is 0 Å². The van der Waals surface area contributed by atoms with Crippen molar-refractivity contribution >= 4 is 65.2 Å². The van der Waals surface area contributed by atoms with Gasteiger partial charge in [0.1, 0.15) is 0 Å². The van der Waals surface area contributed by atoms with Gasteiger partial charge in [0.15, 0.2) is 17.5 Å². The van der Waals surface area contributed by atoms with E-state index in [1.54, 1.807) is 0 Å². The zero-order valence-electron chi connectivity index (χ0n) is 40.3. The number of hydrogen-bond acceptors (Lipinski definition) is 3. The second-order valence-corrected chi connectivity index (χ2v) is 20.0. The predicted octanol–water partition coefficient (Wildman–Crippen LogP) is 17.3. The lowest BCUT2D eigenvalue weighted by molar-refractivity contribution is 0.667. The van der Waals surface area contributed by atoms with E-state index in [4.69, 9.17) is 15.0 Å². The second-order valence-electron chi connectivity index (χ2n) is 20.0. The summed E-state index contributed by atoms with van der Waals surface area (Å²) in [5.41, 5.74) is 17.3. The van der Waals surface area contributed by atoms with E-state index in [-0.39, 0.29) is 5.41 Å². The summed E-state index contributed by atoms with van der Waals surface area (Å²) in [6, 6.07) is 85.6. The van der Waals surface area contributed by atoms with Gasteiger partial charge >= 0.3 is 0 Å². The lowest BCUT2D eigenvalue weighted by atomic mass is 9.80. The fraction of sp³-hybridized carbons (Fsp3) is 0.0441. The first-order valence-corrected chi connectivity index (χ1v) is 25.1. The fourth-order valence-electron chi connectivity index (χ4n) is 12.2. The SMILES string of the molecule is CC1(C)c2cc3c(cc2-c2ccc4ccccc4c21)c1cc(-c2ccc4c(c2)c2ccccc2n4-c2ccccc2)ccc1n3-c1ccc(-c2nc(-c3ccccc3)nc(-c3ccccc3)n2)c2ccccc12. The normalized spacial score (nSPS) is 12.9. The van der Waals surface area contributed by atoms with Crippen molar-refractivity contribution in [1.82, 2.24) is 24.1 Å². The molecule has 0 N–H and O–H groups in total. The number of nitrogens with zero attached hydrogens (tertiary/aromatic N) is 5. The first-order valence-electron chi connectivity index (χ1n) is 25.1. The molecule has 0 saturated heterocycles. The van der Waals surface area contributed by atoms with Gasteiger partial charge in [-0.15, -0.1) is 0 Å². The number of benzene rings is 11. The van der Waals surface area contributed by atoms with Gasteiger partial charge in [-0.1, -0.05) is 184 Å². The van der Waals surface area contributed by atoms with Crippen LogP contribution >= 0.6 is 0 Å².